The van der Waals surface area contributed by atoms with E-state index < -0.39 is 11.6 Å². The van der Waals surface area contributed by atoms with Crippen LogP contribution in [0.15, 0.2) is 18.2 Å². The third kappa shape index (κ3) is 2.52. The summed E-state index contributed by atoms with van der Waals surface area (Å²) in [5, 5.41) is 2.43. The number of carbonyl (C=O) groups is 1. The summed E-state index contributed by atoms with van der Waals surface area (Å²) >= 11 is 0. The molecule has 0 radical (unpaired) electrons. The largest absolute Gasteiger partial charge is 0.356 e. The zero-order valence-electron chi connectivity index (χ0n) is 7.76. The molecule has 1 aromatic carbocycles. The Bertz CT molecular complexity index is 308. The molecule has 0 fully saturated rings. The van der Waals surface area contributed by atoms with Crippen molar-refractivity contribution in [3.8, 4) is 0 Å². The molecular formula is C10H11F2NO. The lowest BCUT2D eigenvalue weighted by Crippen LogP contribution is -2.27. The van der Waals surface area contributed by atoms with E-state index in [-0.39, 0.29) is 18.0 Å². The molecule has 0 aromatic heterocycles. The summed E-state index contributed by atoms with van der Waals surface area (Å²) in [5.41, 5.74) is 0.00866. The number of amides is 1. The van der Waals surface area contributed by atoms with Crippen molar-refractivity contribution in [3.05, 3.63) is 35.4 Å². The van der Waals surface area contributed by atoms with Gasteiger partial charge in [0.2, 0.25) is 6.41 Å². The molecule has 0 aliphatic rings. The van der Waals surface area contributed by atoms with Gasteiger partial charge in [-0.05, 0) is 25.5 Å². The number of nitrogens with one attached hydrogen (secondary N) is 1. The molecule has 14 heavy (non-hydrogen) atoms. The Labute approximate surface area is 80.9 Å². The Balaban J connectivity index is 2.80. The molecule has 0 saturated carbocycles. The molecule has 0 aliphatic carbocycles. The van der Waals surface area contributed by atoms with Crippen molar-refractivity contribution < 1.29 is 13.6 Å². The molecule has 0 bridgehead atoms. The Morgan fingerprint density at radius 3 is 2.50 bits per heavy atom. The van der Waals surface area contributed by atoms with Crippen LogP contribution < -0.4 is 5.32 Å². The number of hydrogen-bond donors (Lipinski definition) is 1. The van der Waals surface area contributed by atoms with Gasteiger partial charge in [-0.2, -0.15) is 0 Å². The Kier molecular flexibility index (Phi) is 3.56. The summed E-state index contributed by atoms with van der Waals surface area (Å²) < 4.78 is 26.2. The van der Waals surface area contributed by atoms with Crippen LogP contribution in [0.3, 0.4) is 0 Å². The van der Waals surface area contributed by atoms with Gasteiger partial charge in [-0.1, -0.05) is 6.07 Å². The van der Waals surface area contributed by atoms with E-state index in [0.29, 0.717) is 6.41 Å². The van der Waals surface area contributed by atoms with Crippen molar-refractivity contribution in [2.24, 2.45) is 0 Å². The molecule has 0 spiro atoms. The number of halogens is 2. The van der Waals surface area contributed by atoms with Crippen molar-refractivity contribution in [1.29, 1.82) is 0 Å². The fraction of sp³-hybridized carbons (Fsp3) is 0.300. The Hall–Kier alpha value is -1.45. The Morgan fingerprint density at radius 1 is 1.43 bits per heavy atom. The standard InChI is InChI=1S/C10H11F2NO/c1-7(13-6-14)5-8-9(11)3-2-4-10(8)12/h2-4,6-7H,5H2,1H3,(H,13,14). The van der Waals surface area contributed by atoms with Crippen molar-refractivity contribution >= 4 is 6.41 Å². The molecular weight excluding hydrogens is 188 g/mol. The van der Waals surface area contributed by atoms with E-state index in [1.807, 2.05) is 0 Å². The van der Waals surface area contributed by atoms with Gasteiger partial charge in [0.1, 0.15) is 11.6 Å². The first kappa shape index (κ1) is 10.6. The summed E-state index contributed by atoms with van der Waals surface area (Å²) in [6, 6.07) is 3.43. The minimum atomic E-state index is -0.579. The first-order valence-electron chi connectivity index (χ1n) is 4.27. The molecule has 76 valence electrons. The number of carbonyl (C=O) groups excluding carboxylic acids is 1. The van der Waals surface area contributed by atoms with Crippen molar-refractivity contribution in [3.63, 3.8) is 0 Å². The predicted molar refractivity (Wildman–Crippen MR) is 48.7 cm³/mol. The molecule has 1 aromatic rings. The van der Waals surface area contributed by atoms with Gasteiger partial charge < -0.3 is 5.32 Å². The molecule has 1 amide bonds. The highest BCUT2D eigenvalue weighted by molar-refractivity contribution is 5.46. The van der Waals surface area contributed by atoms with Crippen LogP contribution in [0, 0.1) is 11.6 Å². The lowest BCUT2D eigenvalue weighted by atomic mass is 10.1. The van der Waals surface area contributed by atoms with Crippen molar-refractivity contribution in [2.45, 2.75) is 19.4 Å². The first-order chi connectivity index (χ1) is 6.65. The normalized spacial score (nSPS) is 12.2. The summed E-state index contributed by atoms with van der Waals surface area (Å²) in [6.07, 6.45) is 0.667. The van der Waals surface area contributed by atoms with E-state index in [9.17, 15) is 13.6 Å². The minimum absolute atomic E-state index is 0.00866. The van der Waals surface area contributed by atoms with Gasteiger partial charge in [0.15, 0.2) is 0 Å². The molecule has 1 unspecified atom stereocenters. The van der Waals surface area contributed by atoms with Gasteiger partial charge in [0.05, 0.1) is 0 Å². The Morgan fingerprint density at radius 2 is 2.00 bits per heavy atom. The molecule has 4 heteroatoms. The molecule has 0 saturated heterocycles. The average molecular weight is 199 g/mol. The van der Waals surface area contributed by atoms with Gasteiger partial charge in [-0.15, -0.1) is 0 Å². The number of hydrogen-bond acceptors (Lipinski definition) is 1. The molecule has 0 heterocycles. The second-order valence-electron chi connectivity index (χ2n) is 3.09. The maximum Gasteiger partial charge on any atom is 0.207 e. The van der Waals surface area contributed by atoms with Crippen LogP contribution in [0.25, 0.3) is 0 Å². The van der Waals surface area contributed by atoms with Crippen LogP contribution in [0.4, 0.5) is 8.78 Å². The molecule has 1 rings (SSSR count). The monoisotopic (exact) mass is 199 g/mol. The van der Waals surface area contributed by atoms with Crippen LogP contribution in [0.1, 0.15) is 12.5 Å². The van der Waals surface area contributed by atoms with Gasteiger partial charge in [-0.25, -0.2) is 8.78 Å². The van der Waals surface area contributed by atoms with E-state index in [2.05, 4.69) is 5.32 Å². The van der Waals surface area contributed by atoms with E-state index in [1.54, 1.807) is 6.92 Å². The zero-order chi connectivity index (χ0) is 10.6. The van der Waals surface area contributed by atoms with Gasteiger partial charge in [0, 0.05) is 11.6 Å². The van der Waals surface area contributed by atoms with Gasteiger partial charge in [-0.3, -0.25) is 4.79 Å². The minimum Gasteiger partial charge on any atom is -0.356 e. The highest BCUT2D eigenvalue weighted by Crippen LogP contribution is 2.13. The SMILES string of the molecule is CC(Cc1c(F)cccc1F)NC=O. The van der Waals surface area contributed by atoms with Crippen molar-refractivity contribution in [1.82, 2.24) is 5.32 Å². The first-order valence-corrected chi connectivity index (χ1v) is 4.27. The predicted octanol–water partition coefficient (Wildman–Crippen LogP) is 1.64. The maximum atomic E-state index is 13.1. The summed E-state index contributed by atoms with van der Waals surface area (Å²) in [6.45, 7) is 1.68. The highest BCUT2D eigenvalue weighted by atomic mass is 19.1. The fourth-order valence-corrected chi connectivity index (χ4v) is 1.21. The lowest BCUT2D eigenvalue weighted by Gasteiger charge is -2.11. The van der Waals surface area contributed by atoms with Crippen LogP contribution in [-0.4, -0.2) is 12.5 Å². The smallest absolute Gasteiger partial charge is 0.207 e. The number of benzene rings is 1. The van der Waals surface area contributed by atoms with Crippen LogP contribution >= 0.6 is 0 Å². The average Bonchev–Trinajstić information content (AvgIpc) is 2.12. The molecule has 2 nitrogen and oxygen atoms in total. The van der Waals surface area contributed by atoms with E-state index in [4.69, 9.17) is 0 Å². The second-order valence-corrected chi connectivity index (χ2v) is 3.09. The van der Waals surface area contributed by atoms with E-state index >= 15 is 0 Å². The van der Waals surface area contributed by atoms with E-state index in [0.717, 1.165) is 0 Å². The third-order valence-electron chi connectivity index (χ3n) is 1.92. The zero-order valence-corrected chi connectivity index (χ0v) is 7.76. The van der Waals surface area contributed by atoms with Crippen LogP contribution in [0.2, 0.25) is 0 Å². The summed E-state index contributed by atoms with van der Waals surface area (Å²) in [5.74, 6) is -1.16. The van der Waals surface area contributed by atoms with Crippen molar-refractivity contribution in [2.75, 3.05) is 0 Å². The summed E-state index contributed by atoms with van der Waals surface area (Å²) in [4.78, 5) is 10.1. The fourth-order valence-electron chi connectivity index (χ4n) is 1.21. The third-order valence-corrected chi connectivity index (χ3v) is 1.92. The molecule has 1 atom stereocenters. The number of rotatable bonds is 4. The van der Waals surface area contributed by atoms with Gasteiger partial charge in [0.25, 0.3) is 0 Å². The maximum absolute atomic E-state index is 13.1. The highest BCUT2D eigenvalue weighted by Gasteiger charge is 2.11. The van der Waals surface area contributed by atoms with E-state index in [1.165, 1.54) is 18.2 Å². The summed E-state index contributed by atoms with van der Waals surface area (Å²) in [7, 11) is 0. The molecule has 0 aliphatic heterocycles. The topological polar surface area (TPSA) is 29.1 Å². The van der Waals surface area contributed by atoms with Gasteiger partial charge >= 0.3 is 0 Å². The second kappa shape index (κ2) is 4.69. The van der Waals surface area contributed by atoms with Crippen LogP contribution in [0.5, 0.6) is 0 Å². The quantitative estimate of drug-likeness (QED) is 0.734. The molecule has 1 N–H and O–H groups in total. The lowest BCUT2D eigenvalue weighted by molar-refractivity contribution is -0.110. The van der Waals surface area contributed by atoms with Crippen LogP contribution in [-0.2, 0) is 11.2 Å².